The normalized spacial score (nSPS) is 32.0. The Morgan fingerprint density at radius 3 is 1.88 bits per heavy atom. The second-order valence-electron chi connectivity index (χ2n) is 7.85. The molecule has 0 spiro atoms. The van der Waals surface area contributed by atoms with Gasteiger partial charge in [-0.05, 0) is 64.6 Å². The molecule has 0 aliphatic carbocycles. The average molecular weight is 349 g/mol. The molecule has 0 N–H and O–H groups in total. The molecule has 146 valence electrons. The number of halogens is 2. The van der Waals surface area contributed by atoms with Gasteiger partial charge in [0.25, 0.3) is 0 Å². The van der Waals surface area contributed by atoms with Crippen LogP contribution in [0.2, 0.25) is 0 Å². The Morgan fingerprint density at radius 2 is 1.46 bits per heavy atom. The Bertz CT molecular complexity index is 310. The molecule has 24 heavy (non-hydrogen) atoms. The lowest BCUT2D eigenvalue weighted by Gasteiger charge is -2.35. The number of likely N-dealkylation sites (tertiary alicyclic amines) is 2. The predicted molar refractivity (Wildman–Crippen MR) is 102 cm³/mol. The second-order valence-corrected chi connectivity index (χ2v) is 7.85. The van der Waals surface area contributed by atoms with Crippen LogP contribution in [0, 0.1) is 17.8 Å². The first-order valence-corrected chi connectivity index (χ1v) is 9.93. The highest BCUT2D eigenvalue weighted by atomic mass is 19.1. The topological polar surface area (TPSA) is 6.48 Å². The molecule has 2 rings (SSSR count). The van der Waals surface area contributed by atoms with Gasteiger partial charge in [0.1, 0.15) is 12.3 Å². The molecule has 0 bridgehead atoms. The van der Waals surface area contributed by atoms with Crippen LogP contribution >= 0.6 is 0 Å². The maximum Gasteiger partial charge on any atom is 0.116 e. The van der Waals surface area contributed by atoms with E-state index in [0.717, 1.165) is 25.9 Å². The van der Waals surface area contributed by atoms with Crippen molar-refractivity contribution in [2.24, 2.45) is 17.8 Å². The summed E-state index contributed by atoms with van der Waals surface area (Å²) in [4.78, 5) is 4.29. The van der Waals surface area contributed by atoms with E-state index < -0.39 is 12.3 Å². The van der Waals surface area contributed by atoms with Crippen LogP contribution in [0.4, 0.5) is 8.78 Å². The highest BCUT2D eigenvalue weighted by Crippen LogP contribution is 2.26. The monoisotopic (exact) mass is 348 g/mol. The number of alkyl halides is 2. The van der Waals surface area contributed by atoms with Crippen LogP contribution in [-0.2, 0) is 0 Å². The van der Waals surface area contributed by atoms with Crippen LogP contribution in [0.3, 0.4) is 0 Å². The van der Waals surface area contributed by atoms with Crippen molar-refractivity contribution in [1.82, 2.24) is 9.80 Å². The maximum absolute atomic E-state index is 13.3. The summed E-state index contributed by atoms with van der Waals surface area (Å²) in [6.07, 6.45) is 0.828. The van der Waals surface area contributed by atoms with E-state index in [-0.39, 0.29) is 5.92 Å². The first-order chi connectivity index (χ1) is 11.2. The molecule has 0 radical (unpaired) electrons. The van der Waals surface area contributed by atoms with Crippen LogP contribution in [0.1, 0.15) is 61.3 Å². The minimum absolute atomic E-state index is 0.269. The molecule has 2 fully saturated rings. The third-order valence-corrected chi connectivity index (χ3v) is 5.28. The SMILES string of the molecule is CC.CC(C)N1CC[C@@H](C)[C@@H](F)C1.CC(C)[C@@H]1CCN(C)C[C@@H]1F. The van der Waals surface area contributed by atoms with E-state index in [1.165, 1.54) is 0 Å². The van der Waals surface area contributed by atoms with Crippen molar-refractivity contribution in [3.63, 3.8) is 0 Å². The van der Waals surface area contributed by atoms with Crippen molar-refractivity contribution in [3.05, 3.63) is 0 Å². The molecule has 4 atom stereocenters. The molecule has 2 aliphatic rings. The van der Waals surface area contributed by atoms with E-state index in [1.807, 2.05) is 27.8 Å². The largest absolute Gasteiger partial charge is 0.303 e. The lowest BCUT2D eigenvalue weighted by molar-refractivity contribution is 0.0730. The van der Waals surface area contributed by atoms with Crippen LogP contribution in [0.25, 0.3) is 0 Å². The fourth-order valence-corrected chi connectivity index (χ4v) is 3.34. The van der Waals surface area contributed by atoms with Gasteiger partial charge in [0, 0.05) is 19.1 Å². The van der Waals surface area contributed by atoms with Crippen LogP contribution in [0.5, 0.6) is 0 Å². The summed E-state index contributed by atoms with van der Waals surface area (Å²) in [6, 6.07) is 0.501. The van der Waals surface area contributed by atoms with Crippen molar-refractivity contribution in [1.29, 1.82) is 0 Å². The maximum atomic E-state index is 13.3. The zero-order valence-electron chi connectivity index (χ0n) is 17.4. The van der Waals surface area contributed by atoms with Crippen LogP contribution in [0.15, 0.2) is 0 Å². The van der Waals surface area contributed by atoms with Gasteiger partial charge in [0.15, 0.2) is 0 Å². The average Bonchev–Trinajstić information content (AvgIpc) is 2.52. The van der Waals surface area contributed by atoms with E-state index >= 15 is 0 Å². The Balaban J connectivity index is 0.000000400. The van der Waals surface area contributed by atoms with Crippen molar-refractivity contribution >= 4 is 0 Å². The molecular weight excluding hydrogens is 306 g/mol. The third-order valence-electron chi connectivity index (χ3n) is 5.28. The molecule has 4 heteroatoms. The Labute approximate surface area is 150 Å². The molecule has 2 heterocycles. The van der Waals surface area contributed by atoms with Crippen LogP contribution in [-0.4, -0.2) is 61.4 Å². The van der Waals surface area contributed by atoms with Gasteiger partial charge in [-0.3, -0.25) is 4.90 Å². The Kier molecular flexibility index (Phi) is 12.1. The zero-order chi connectivity index (χ0) is 18.9. The summed E-state index contributed by atoms with van der Waals surface area (Å²) < 4.78 is 26.5. The molecule has 0 aromatic carbocycles. The zero-order valence-corrected chi connectivity index (χ0v) is 17.4. The molecular formula is C20H42F2N2. The molecule has 2 saturated heterocycles. The quantitative estimate of drug-likeness (QED) is 0.690. The standard InChI is InChI=1S/2C9H18FN.C2H6/c1-7(2)8-4-5-11(3)6-9(8)10;1-7(2)11-5-4-8(3)9(10)6-11;1-2/h2*7-9H,4-6H2,1-3H3;1-2H3/t8-,9-;8-,9+;/m01./s1. The summed E-state index contributed by atoms with van der Waals surface area (Å²) in [5.41, 5.74) is 0. The van der Waals surface area contributed by atoms with Gasteiger partial charge in [0.05, 0.1) is 0 Å². The number of nitrogens with zero attached hydrogens (tertiary/aromatic N) is 2. The fourth-order valence-electron chi connectivity index (χ4n) is 3.34. The first kappa shape index (κ1) is 23.8. The van der Waals surface area contributed by atoms with Gasteiger partial charge in [-0.25, -0.2) is 8.78 Å². The minimum Gasteiger partial charge on any atom is -0.303 e. The van der Waals surface area contributed by atoms with E-state index in [9.17, 15) is 8.78 Å². The molecule has 2 nitrogen and oxygen atoms in total. The first-order valence-electron chi connectivity index (χ1n) is 9.93. The Hall–Kier alpha value is -0.220. The molecule has 0 saturated carbocycles. The van der Waals surface area contributed by atoms with Gasteiger partial charge in [-0.15, -0.1) is 0 Å². The number of hydrogen-bond donors (Lipinski definition) is 0. The summed E-state index contributed by atoms with van der Waals surface area (Å²) in [5.74, 6) is 1.06. The van der Waals surface area contributed by atoms with Gasteiger partial charge < -0.3 is 4.90 Å². The second kappa shape index (κ2) is 12.2. The predicted octanol–water partition coefficient (Wildman–Crippen LogP) is 5.03. The minimum atomic E-state index is -0.605. The summed E-state index contributed by atoms with van der Waals surface area (Å²) in [5, 5.41) is 0. The van der Waals surface area contributed by atoms with E-state index in [1.54, 1.807) is 0 Å². The lowest BCUT2D eigenvalue weighted by Crippen LogP contribution is -2.44. The molecule has 0 amide bonds. The van der Waals surface area contributed by atoms with Gasteiger partial charge >= 0.3 is 0 Å². The number of rotatable bonds is 2. The van der Waals surface area contributed by atoms with Crippen molar-refractivity contribution in [3.8, 4) is 0 Å². The molecule has 0 aromatic heterocycles. The summed E-state index contributed by atoms with van der Waals surface area (Å²) in [6.45, 7) is 17.9. The van der Waals surface area contributed by atoms with E-state index in [4.69, 9.17) is 0 Å². The van der Waals surface area contributed by atoms with Crippen LogP contribution < -0.4 is 0 Å². The van der Waals surface area contributed by atoms with Crippen molar-refractivity contribution < 1.29 is 8.78 Å². The van der Waals surface area contributed by atoms with Gasteiger partial charge in [-0.2, -0.15) is 0 Å². The van der Waals surface area contributed by atoms with Gasteiger partial charge in [0.2, 0.25) is 0 Å². The molecule has 2 aliphatic heterocycles. The smallest absolute Gasteiger partial charge is 0.116 e. The fraction of sp³-hybridized carbons (Fsp3) is 1.00. The van der Waals surface area contributed by atoms with Crippen molar-refractivity contribution in [2.75, 3.05) is 33.2 Å². The van der Waals surface area contributed by atoms with Crippen molar-refractivity contribution in [2.45, 2.75) is 79.7 Å². The lowest BCUT2D eigenvalue weighted by atomic mass is 9.85. The molecule has 0 unspecified atom stereocenters. The summed E-state index contributed by atoms with van der Waals surface area (Å²) in [7, 11) is 1.99. The number of piperidine rings is 2. The van der Waals surface area contributed by atoms with E-state index in [0.29, 0.717) is 31.0 Å². The highest BCUT2D eigenvalue weighted by molar-refractivity contribution is 4.80. The molecule has 0 aromatic rings. The van der Waals surface area contributed by atoms with E-state index in [2.05, 4.69) is 37.5 Å². The summed E-state index contributed by atoms with van der Waals surface area (Å²) >= 11 is 0. The number of hydrogen-bond acceptors (Lipinski definition) is 2. The highest BCUT2D eigenvalue weighted by Gasteiger charge is 2.29. The van der Waals surface area contributed by atoms with Gasteiger partial charge in [-0.1, -0.05) is 34.6 Å². The Morgan fingerprint density at radius 1 is 0.875 bits per heavy atom. The third kappa shape index (κ3) is 8.24.